The van der Waals surface area contributed by atoms with Crippen LogP contribution in [0.25, 0.3) is 6.08 Å². The van der Waals surface area contributed by atoms with E-state index in [0.717, 1.165) is 11.1 Å². The van der Waals surface area contributed by atoms with Crippen molar-refractivity contribution in [2.45, 2.75) is 6.92 Å². The van der Waals surface area contributed by atoms with Gasteiger partial charge in [-0.15, -0.1) is 0 Å². The highest BCUT2D eigenvalue weighted by Gasteiger charge is 2.32. The van der Waals surface area contributed by atoms with Gasteiger partial charge in [-0.3, -0.25) is 9.69 Å². The van der Waals surface area contributed by atoms with Gasteiger partial charge in [0.1, 0.15) is 11.4 Å². The lowest BCUT2D eigenvalue weighted by Gasteiger charge is -2.16. The second-order valence-corrected chi connectivity index (χ2v) is 6.63. The van der Waals surface area contributed by atoms with Gasteiger partial charge in [0.2, 0.25) is 0 Å². The third-order valence-electron chi connectivity index (χ3n) is 3.83. The van der Waals surface area contributed by atoms with Crippen LogP contribution in [0.2, 0.25) is 5.02 Å². The van der Waals surface area contributed by atoms with E-state index in [1.54, 1.807) is 48.5 Å². The monoisotopic (exact) mass is 402 g/mol. The largest absolute Gasteiger partial charge is 0.482 e. The van der Waals surface area contributed by atoms with Crippen LogP contribution >= 0.6 is 23.8 Å². The molecule has 0 saturated carbocycles. The van der Waals surface area contributed by atoms with Gasteiger partial charge >= 0.3 is 5.97 Å². The fourth-order valence-electron chi connectivity index (χ4n) is 2.60. The Labute approximate surface area is 166 Å². The first-order valence-electron chi connectivity index (χ1n) is 7.93. The Balaban J connectivity index is 1.81. The fraction of sp³-hybridized carbons (Fsp3) is 0.105. The smallest absolute Gasteiger partial charge is 0.341 e. The number of thiocarbonyl (C=S) groups is 1. The average Bonchev–Trinajstić information content (AvgIpc) is 2.88. The third-order valence-corrected chi connectivity index (χ3v) is 4.35. The maximum absolute atomic E-state index is 12.8. The predicted octanol–water partition coefficient (Wildman–Crippen LogP) is 3.37. The molecule has 0 atom stereocenters. The molecule has 1 saturated heterocycles. The number of hydrogen-bond donors (Lipinski definition) is 2. The summed E-state index contributed by atoms with van der Waals surface area (Å²) < 4.78 is 5.09. The first-order valence-corrected chi connectivity index (χ1v) is 8.72. The van der Waals surface area contributed by atoms with Crippen LogP contribution < -0.4 is 15.0 Å². The van der Waals surface area contributed by atoms with Crippen molar-refractivity contribution in [2.75, 3.05) is 11.5 Å². The summed E-state index contributed by atoms with van der Waals surface area (Å²) in [6, 6.07) is 11.9. The molecule has 1 amide bonds. The van der Waals surface area contributed by atoms with Crippen molar-refractivity contribution in [3.05, 3.63) is 64.3 Å². The van der Waals surface area contributed by atoms with Crippen LogP contribution in [0, 0.1) is 6.92 Å². The molecule has 138 valence electrons. The van der Waals surface area contributed by atoms with Crippen LogP contribution in [-0.4, -0.2) is 28.7 Å². The number of carboxylic acids is 1. The van der Waals surface area contributed by atoms with E-state index in [0.29, 0.717) is 22.2 Å². The summed E-state index contributed by atoms with van der Waals surface area (Å²) >= 11 is 11.3. The normalized spacial score (nSPS) is 15.2. The molecule has 0 radical (unpaired) electrons. The first-order chi connectivity index (χ1) is 12.8. The third kappa shape index (κ3) is 4.27. The minimum Gasteiger partial charge on any atom is -0.482 e. The van der Waals surface area contributed by atoms with Crippen molar-refractivity contribution in [1.82, 2.24) is 5.32 Å². The number of anilines is 1. The lowest BCUT2D eigenvalue weighted by Crippen LogP contribution is -2.30. The molecule has 1 fully saturated rings. The summed E-state index contributed by atoms with van der Waals surface area (Å²) in [5.41, 5.74) is 2.59. The molecule has 0 aromatic heterocycles. The van der Waals surface area contributed by atoms with Crippen molar-refractivity contribution < 1.29 is 19.4 Å². The van der Waals surface area contributed by atoms with Gasteiger partial charge < -0.3 is 15.2 Å². The molecule has 2 N–H and O–H groups in total. The molecule has 1 aliphatic heterocycles. The van der Waals surface area contributed by atoms with E-state index in [-0.39, 0.29) is 11.0 Å². The van der Waals surface area contributed by atoms with Crippen LogP contribution in [-0.2, 0) is 9.59 Å². The molecule has 2 aromatic carbocycles. The maximum Gasteiger partial charge on any atom is 0.341 e. The topological polar surface area (TPSA) is 78.9 Å². The van der Waals surface area contributed by atoms with Crippen LogP contribution in [0.3, 0.4) is 0 Å². The number of carbonyl (C=O) groups excluding carboxylic acids is 1. The minimum absolute atomic E-state index is 0.267. The fourth-order valence-corrected chi connectivity index (χ4v) is 3.11. The molecule has 0 unspecified atom stereocenters. The quantitative estimate of drug-likeness (QED) is 0.589. The Bertz CT molecular complexity index is 957. The van der Waals surface area contributed by atoms with E-state index in [4.69, 9.17) is 33.7 Å². The number of carboxylic acid groups (broad SMARTS) is 1. The predicted molar refractivity (Wildman–Crippen MR) is 107 cm³/mol. The molecule has 0 spiro atoms. The summed E-state index contributed by atoms with van der Waals surface area (Å²) in [5.74, 6) is -0.885. The Morgan fingerprint density at radius 1 is 1.30 bits per heavy atom. The zero-order valence-electron chi connectivity index (χ0n) is 14.2. The van der Waals surface area contributed by atoms with E-state index >= 15 is 0 Å². The zero-order valence-corrected chi connectivity index (χ0v) is 15.8. The molecule has 0 aliphatic carbocycles. The van der Waals surface area contributed by atoms with Gasteiger partial charge in [0.05, 0.1) is 5.69 Å². The van der Waals surface area contributed by atoms with E-state index in [2.05, 4.69) is 5.32 Å². The van der Waals surface area contributed by atoms with E-state index in [1.807, 2.05) is 6.92 Å². The Hall–Kier alpha value is -2.90. The Kier molecular flexibility index (Phi) is 5.43. The maximum atomic E-state index is 12.8. The number of halogens is 1. The number of aryl methyl sites for hydroxylation is 1. The molecule has 0 bridgehead atoms. The van der Waals surface area contributed by atoms with E-state index in [9.17, 15) is 9.59 Å². The van der Waals surface area contributed by atoms with Gasteiger partial charge in [-0.05, 0) is 66.7 Å². The van der Waals surface area contributed by atoms with Crippen LogP contribution in [0.1, 0.15) is 11.1 Å². The number of nitrogens with zero attached hydrogens (tertiary/aromatic N) is 1. The van der Waals surface area contributed by atoms with Gasteiger partial charge in [-0.2, -0.15) is 0 Å². The van der Waals surface area contributed by atoms with Gasteiger partial charge in [-0.1, -0.05) is 23.7 Å². The SMILES string of the molecule is Cc1cc(Cl)ccc1N1C(=O)/C(=C\c2ccc(OCC(=O)O)cc2)NC1=S. The number of carbonyl (C=O) groups is 2. The lowest BCUT2D eigenvalue weighted by molar-refractivity contribution is -0.139. The standard InChI is InChI=1S/C19H15ClN2O4S/c1-11-8-13(20)4-7-16(11)22-18(25)15(21-19(22)27)9-12-2-5-14(6-3-12)26-10-17(23)24/h2-9H,10H2,1H3,(H,21,27)(H,23,24)/b15-9+. The molecule has 1 heterocycles. The zero-order chi connectivity index (χ0) is 19.6. The second-order valence-electron chi connectivity index (χ2n) is 5.81. The van der Waals surface area contributed by atoms with E-state index in [1.165, 1.54) is 4.90 Å². The van der Waals surface area contributed by atoms with Gasteiger partial charge in [0.25, 0.3) is 5.91 Å². The number of rotatable bonds is 5. The molecule has 27 heavy (non-hydrogen) atoms. The molecule has 2 aromatic rings. The van der Waals surface area contributed by atoms with Crippen LogP contribution in [0.4, 0.5) is 5.69 Å². The number of benzene rings is 2. The minimum atomic E-state index is -1.05. The Morgan fingerprint density at radius 2 is 2.00 bits per heavy atom. The highest BCUT2D eigenvalue weighted by molar-refractivity contribution is 7.80. The number of hydrogen-bond acceptors (Lipinski definition) is 4. The average molecular weight is 403 g/mol. The molecular formula is C19H15ClN2O4S. The summed E-state index contributed by atoms with van der Waals surface area (Å²) in [6.45, 7) is 1.44. The van der Waals surface area contributed by atoms with Crippen molar-refractivity contribution >= 4 is 52.6 Å². The Morgan fingerprint density at radius 3 is 2.63 bits per heavy atom. The van der Waals surface area contributed by atoms with Crippen molar-refractivity contribution in [3.8, 4) is 5.75 Å². The van der Waals surface area contributed by atoms with Gasteiger partial charge in [-0.25, -0.2) is 4.79 Å². The molecular weight excluding hydrogens is 388 g/mol. The number of nitrogens with one attached hydrogen (secondary N) is 1. The van der Waals surface area contributed by atoms with Crippen molar-refractivity contribution in [1.29, 1.82) is 0 Å². The van der Waals surface area contributed by atoms with E-state index < -0.39 is 12.6 Å². The van der Waals surface area contributed by atoms with Crippen molar-refractivity contribution in [2.24, 2.45) is 0 Å². The number of amides is 1. The molecule has 8 heteroatoms. The van der Waals surface area contributed by atoms with Gasteiger partial charge in [0, 0.05) is 5.02 Å². The first kappa shape index (κ1) is 18.9. The lowest BCUT2D eigenvalue weighted by atomic mass is 10.1. The summed E-state index contributed by atoms with van der Waals surface area (Å²) in [7, 11) is 0. The van der Waals surface area contributed by atoms with Crippen molar-refractivity contribution in [3.63, 3.8) is 0 Å². The molecule has 3 rings (SSSR count). The number of aliphatic carboxylic acids is 1. The van der Waals surface area contributed by atoms with Gasteiger partial charge in [0.15, 0.2) is 11.7 Å². The highest BCUT2D eigenvalue weighted by atomic mass is 35.5. The molecule has 6 nitrogen and oxygen atoms in total. The summed E-state index contributed by atoms with van der Waals surface area (Å²) in [6.07, 6.45) is 1.67. The summed E-state index contributed by atoms with van der Waals surface area (Å²) in [4.78, 5) is 24.7. The van der Waals surface area contributed by atoms with Crippen LogP contribution in [0.15, 0.2) is 48.2 Å². The number of ether oxygens (including phenoxy) is 1. The second kappa shape index (κ2) is 7.77. The highest BCUT2D eigenvalue weighted by Crippen LogP contribution is 2.28. The summed E-state index contributed by atoms with van der Waals surface area (Å²) in [5, 5.41) is 12.4. The molecule has 1 aliphatic rings. The van der Waals surface area contributed by atoms with Crippen LogP contribution in [0.5, 0.6) is 5.75 Å².